The van der Waals surface area contributed by atoms with Crippen LogP contribution in [0.3, 0.4) is 0 Å². The summed E-state index contributed by atoms with van der Waals surface area (Å²) in [5.41, 5.74) is 4.19. The van der Waals surface area contributed by atoms with Gasteiger partial charge in [0, 0.05) is 10.8 Å². The summed E-state index contributed by atoms with van der Waals surface area (Å²) in [6.07, 6.45) is 9.44. The number of benzene rings is 4. The Labute approximate surface area is 320 Å². The minimum absolute atomic E-state index is 0.346. The van der Waals surface area contributed by atoms with Crippen molar-refractivity contribution in [3.63, 3.8) is 0 Å². The first kappa shape index (κ1) is 39.4. The van der Waals surface area contributed by atoms with E-state index in [2.05, 4.69) is 123 Å². The zero-order valence-electron chi connectivity index (χ0n) is 31.1. The van der Waals surface area contributed by atoms with Crippen LogP contribution in [0.15, 0.2) is 148 Å². The normalized spacial score (nSPS) is 14.1. The minimum atomic E-state index is -0.346. The van der Waals surface area contributed by atoms with E-state index < -0.39 is 0 Å². The van der Waals surface area contributed by atoms with E-state index in [9.17, 15) is 0 Å². The Kier molecular flexibility index (Phi) is 15.0. The zero-order valence-corrected chi connectivity index (χ0v) is 31.1. The molecule has 54 heavy (non-hydrogen) atoms. The molecule has 0 spiro atoms. The SMILES string of the molecule is C=COCCOc1ccc(C2(c3ccc(OCCOC=C)cc3)CCCC(c3ccc(OCCOC=C)cc3)(c3ccc(OCCOC=C)cc3)C2)cc1. The van der Waals surface area contributed by atoms with Crippen LogP contribution in [0.25, 0.3) is 0 Å². The molecule has 0 unspecified atom stereocenters. The summed E-state index contributed by atoms with van der Waals surface area (Å²) in [5.74, 6) is 3.16. The van der Waals surface area contributed by atoms with Crippen LogP contribution in [-0.2, 0) is 29.8 Å². The number of hydrogen-bond acceptors (Lipinski definition) is 8. The van der Waals surface area contributed by atoms with Crippen LogP contribution in [0.5, 0.6) is 23.0 Å². The molecule has 8 heteroatoms. The summed E-state index contributed by atoms with van der Waals surface area (Å²) in [5, 5.41) is 0. The second-order valence-corrected chi connectivity index (χ2v) is 12.8. The van der Waals surface area contributed by atoms with Gasteiger partial charge in [0.2, 0.25) is 0 Å². The minimum Gasteiger partial charge on any atom is -0.498 e. The first-order chi connectivity index (χ1) is 26.6. The van der Waals surface area contributed by atoms with Crippen molar-refractivity contribution in [2.45, 2.75) is 36.5 Å². The van der Waals surface area contributed by atoms with Crippen molar-refractivity contribution in [1.82, 2.24) is 0 Å². The van der Waals surface area contributed by atoms with E-state index in [4.69, 9.17) is 37.9 Å². The van der Waals surface area contributed by atoms with Crippen molar-refractivity contribution in [1.29, 1.82) is 0 Å². The molecule has 0 radical (unpaired) electrons. The topological polar surface area (TPSA) is 73.8 Å². The first-order valence-corrected chi connectivity index (χ1v) is 18.4. The molecule has 1 saturated carbocycles. The highest BCUT2D eigenvalue weighted by Crippen LogP contribution is 2.56. The van der Waals surface area contributed by atoms with Crippen molar-refractivity contribution in [3.05, 3.63) is 171 Å². The summed E-state index contributed by atoms with van der Waals surface area (Å²) in [7, 11) is 0. The third-order valence-electron chi connectivity index (χ3n) is 9.79. The first-order valence-electron chi connectivity index (χ1n) is 18.4. The third kappa shape index (κ3) is 10.2. The van der Waals surface area contributed by atoms with E-state index in [0.717, 1.165) is 48.7 Å². The predicted molar refractivity (Wildman–Crippen MR) is 212 cm³/mol. The Hall–Kier alpha value is -5.76. The smallest absolute Gasteiger partial charge is 0.122 e. The van der Waals surface area contributed by atoms with Crippen LogP contribution in [0.4, 0.5) is 0 Å². The molecular weight excluding hydrogens is 680 g/mol. The van der Waals surface area contributed by atoms with Crippen LogP contribution in [0.1, 0.15) is 47.9 Å². The molecule has 0 N–H and O–H groups in total. The summed E-state index contributed by atoms with van der Waals surface area (Å²) >= 11 is 0. The van der Waals surface area contributed by atoms with Crippen molar-refractivity contribution in [2.24, 2.45) is 0 Å². The average Bonchev–Trinajstić information content (AvgIpc) is 3.22. The highest BCUT2D eigenvalue weighted by atomic mass is 16.5. The zero-order chi connectivity index (χ0) is 37.9. The van der Waals surface area contributed by atoms with Gasteiger partial charge in [-0.2, -0.15) is 0 Å². The Balaban J connectivity index is 1.55. The molecule has 0 bridgehead atoms. The van der Waals surface area contributed by atoms with E-state index in [1.807, 2.05) is 0 Å². The van der Waals surface area contributed by atoms with E-state index >= 15 is 0 Å². The van der Waals surface area contributed by atoms with Crippen molar-refractivity contribution in [3.8, 4) is 23.0 Å². The van der Waals surface area contributed by atoms with Gasteiger partial charge in [-0.3, -0.25) is 0 Å². The Bertz CT molecular complexity index is 1480. The van der Waals surface area contributed by atoms with Gasteiger partial charge in [-0.1, -0.05) is 81.3 Å². The van der Waals surface area contributed by atoms with Gasteiger partial charge < -0.3 is 37.9 Å². The molecular formula is C46H52O8. The lowest BCUT2D eigenvalue weighted by Crippen LogP contribution is -2.43. The lowest BCUT2D eigenvalue weighted by atomic mass is 9.53. The van der Waals surface area contributed by atoms with Gasteiger partial charge in [0.1, 0.15) is 75.9 Å². The molecule has 284 valence electrons. The van der Waals surface area contributed by atoms with E-state index in [-0.39, 0.29) is 10.8 Å². The van der Waals surface area contributed by atoms with Crippen LogP contribution < -0.4 is 18.9 Å². The summed E-state index contributed by atoms with van der Waals surface area (Å²) < 4.78 is 45.0. The van der Waals surface area contributed by atoms with Gasteiger partial charge >= 0.3 is 0 Å². The largest absolute Gasteiger partial charge is 0.498 e. The molecule has 0 aromatic heterocycles. The lowest BCUT2D eigenvalue weighted by molar-refractivity contribution is 0.179. The van der Waals surface area contributed by atoms with Gasteiger partial charge in [-0.05, 0) is 90.0 Å². The molecule has 0 amide bonds. The molecule has 0 heterocycles. The Morgan fingerprint density at radius 2 is 0.611 bits per heavy atom. The van der Waals surface area contributed by atoms with Crippen LogP contribution in [0, 0.1) is 0 Å². The maximum atomic E-state index is 5.99. The highest BCUT2D eigenvalue weighted by Gasteiger charge is 2.48. The fourth-order valence-electron chi connectivity index (χ4n) is 7.35. The quantitative estimate of drug-likeness (QED) is 0.0521. The van der Waals surface area contributed by atoms with Gasteiger partial charge in [-0.15, -0.1) is 0 Å². The molecule has 4 aromatic carbocycles. The van der Waals surface area contributed by atoms with Gasteiger partial charge in [0.25, 0.3) is 0 Å². The van der Waals surface area contributed by atoms with Gasteiger partial charge in [-0.25, -0.2) is 0 Å². The number of ether oxygens (including phenoxy) is 8. The third-order valence-corrected chi connectivity index (χ3v) is 9.79. The monoisotopic (exact) mass is 732 g/mol. The van der Waals surface area contributed by atoms with Crippen molar-refractivity contribution in [2.75, 3.05) is 52.9 Å². The summed E-state index contributed by atoms with van der Waals surface area (Å²) in [6.45, 7) is 17.9. The molecule has 1 fully saturated rings. The maximum Gasteiger partial charge on any atom is 0.122 e. The highest BCUT2D eigenvalue weighted by molar-refractivity contribution is 5.50. The van der Waals surface area contributed by atoms with Crippen molar-refractivity contribution < 1.29 is 37.9 Å². The second kappa shape index (κ2) is 20.5. The second-order valence-electron chi connectivity index (χ2n) is 12.8. The van der Waals surface area contributed by atoms with E-state index in [1.54, 1.807) is 0 Å². The number of hydrogen-bond donors (Lipinski definition) is 0. The fourth-order valence-corrected chi connectivity index (χ4v) is 7.35. The molecule has 8 nitrogen and oxygen atoms in total. The molecule has 0 atom stereocenters. The van der Waals surface area contributed by atoms with Crippen molar-refractivity contribution >= 4 is 0 Å². The van der Waals surface area contributed by atoms with Crippen LogP contribution in [0.2, 0.25) is 0 Å². The lowest BCUT2D eigenvalue weighted by Gasteiger charge is -2.50. The fraction of sp³-hybridized carbons (Fsp3) is 0.304. The number of rotatable bonds is 24. The maximum absolute atomic E-state index is 5.99. The predicted octanol–water partition coefficient (Wildman–Crippen LogP) is 9.69. The molecule has 5 rings (SSSR count). The summed E-state index contributed by atoms with van der Waals surface area (Å²) in [6, 6.07) is 34.1. The average molecular weight is 733 g/mol. The molecule has 4 aromatic rings. The van der Waals surface area contributed by atoms with Crippen LogP contribution in [-0.4, -0.2) is 52.9 Å². The van der Waals surface area contributed by atoms with E-state index in [0.29, 0.717) is 52.9 Å². The molecule has 0 saturated heterocycles. The standard InChI is InChI=1S/C46H52O8/c1-5-47-28-32-51-41-18-10-37(11-19-41)45(38-12-20-42(21-13-38)52-33-29-48-6-2)26-9-27-46(36-45,39-14-22-43(23-15-39)53-34-30-49-7-3)40-16-24-44(25-17-40)54-35-31-50-8-4/h5-8,10-25H,1-4,9,26-36H2. The Morgan fingerprint density at radius 1 is 0.370 bits per heavy atom. The Morgan fingerprint density at radius 3 is 0.833 bits per heavy atom. The molecule has 1 aliphatic carbocycles. The molecule has 1 aliphatic rings. The van der Waals surface area contributed by atoms with E-state index in [1.165, 1.54) is 47.3 Å². The molecule has 0 aliphatic heterocycles. The summed E-state index contributed by atoms with van der Waals surface area (Å²) in [4.78, 5) is 0. The van der Waals surface area contributed by atoms with Gasteiger partial charge in [0.15, 0.2) is 0 Å². The van der Waals surface area contributed by atoms with Gasteiger partial charge in [0.05, 0.1) is 25.0 Å². The van der Waals surface area contributed by atoms with Crippen LogP contribution >= 0.6 is 0 Å².